The van der Waals surface area contributed by atoms with E-state index in [1.165, 1.54) is 0 Å². The molecule has 0 fully saturated rings. The lowest BCUT2D eigenvalue weighted by atomic mass is 10.2. The number of nitrogens with one attached hydrogen (secondary N) is 1. The van der Waals surface area contributed by atoms with Gasteiger partial charge in [-0.3, -0.25) is 0 Å². The van der Waals surface area contributed by atoms with E-state index >= 15 is 0 Å². The molecular weight excluding hydrogens is 290 g/mol. The van der Waals surface area contributed by atoms with Crippen molar-refractivity contribution in [2.45, 2.75) is 32.1 Å². The van der Waals surface area contributed by atoms with Crippen LogP contribution in [0.2, 0.25) is 0 Å². The van der Waals surface area contributed by atoms with Crippen LogP contribution in [0.15, 0.2) is 18.2 Å². The minimum atomic E-state index is -3.18. The van der Waals surface area contributed by atoms with Crippen molar-refractivity contribution in [3.63, 3.8) is 0 Å². The highest BCUT2D eigenvalue weighted by Gasteiger charge is 2.28. The Morgan fingerprint density at radius 2 is 1.90 bits per heavy atom. The Morgan fingerprint density at radius 3 is 2.43 bits per heavy atom. The maximum Gasteiger partial charge on any atom is 0.158 e. The lowest BCUT2D eigenvalue weighted by molar-refractivity contribution is 0.331. The minimum Gasteiger partial charge on any atom is -0.497 e. The summed E-state index contributed by atoms with van der Waals surface area (Å²) in [6.07, 6.45) is 0. The van der Waals surface area contributed by atoms with Crippen molar-refractivity contribution < 1.29 is 17.9 Å². The first-order valence-corrected chi connectivity index (χ1v) is 8.53. The molecule has 0 amide bonds. The van der Waals surface area contributed by atoms with Crippen LogP contribution < -0.4 is 14.8 Å². The smallest absolute Gasteiger partial charge is 0.158 e. The second-order valence-electron chi connectivity index (χ2n) is 5.78. The second-order valence-corrected chi connectivity index (χ2v) is 8.65. The molecule has 1 aromatic rings. The van der Waals surface area contributed by atoms with Crippen LogP contribution in [0.3, 0.4) is 0 Å². The molecule has 0 heterocycles. The molecule has 120 valence electrons. The molecule has 5 nitrogen and oxygen atoms in total. The fourth-order valence-corrected chi connectivity index (χ4v) is 2.62. The summed E-state index contributed by atoms with van der Waals surface area (Å²) in [6, 6.07) is 5.53. The van der Waals surface area contributed by atoms with Crippen LogP contribution in [0.1, 0.15) is 26.3 Å². The van der Waals surface area contributed by atoms with Crippen molar-refractivity contribution in [2.75, 3.05) is 26.5 Å². The molecular formula is C15H25NO4S. The highest BCUT2D eigenvalue weighted by molar-refractivity contribution is 7.92. The van der Waals surface area contributed by atoms with Crippen LogP contribution in [-0.4, -0.2) is 39.7 Å². The maximum atomic E-state index is 12.1. The Hall–Kier alpha value is -1.27. The van der Waals surface area contributed by atoms with Gasteiger partial charge in [0.15, 0.2) is 9.84 Å². The standard InChI is InChI=1S/C15H25NO4S/c1-15(2,3)21(17,18)9-8-20-14-10-13(19-5)7-6-12(14)11-16-4/h6-7,10,16H,8-9,11H2,1-5H3. The SMILES string of the molecule is CNCc1ccc(OC)cc1OCCS(=O)(=O)C(C)(C)C. The molecule has 0 aromatic heterocycles. The number of methoxy groups -OCH3 is 1. The van der Waals surface area contributed by atoms with Crippen LogP contribution in [0, 0.1) is 0 Å². The maximum absolute atomic E-state index is 12.1. The van der Waals surface area contributed by atoms with E-state index in [4.69, 9.17) is 9.47 Å². The van der Waals surface area contributed by atoms with Gasteiger partial charge in [0.1, 0.15) is 18.1 Å². The molecule has 6 heteroatoms. The molecule has 0 saturated heterocycles. The van der Waals surface area contributed by atoms with Gasteiger partial charge < -0.3 is 14.8 Å². The lowest BCUT2D eigenvalue weighted by Crippen LogP contribution is -2.32. The Morgan fingerprint density at radius 1 is 1.24 bits per heavy atom. The van der Waals surface area contributed by atoms with E-state index in [9.17, 15) is 8.42 Å². The molecule has 0 saturated carbocycles. The zero-order valence-corrected chi connectivity index (χ0v) is 14.2. The van der Waals surface area contributed by atoms with Gasteiger partial charge >= 0.3 is 0 Å². The van der Waals surface area contributed by atoms with E-state index in [1.807, 2.05) is 19.2 Å². The third-order valence-corrected chi connectivity index (χ3v) is 5.75. The molecule has 1 N–H and O–H groups in total. The van der Waals surface area contributed by atoms with Crippen molar-refractivity contribution in [1.29, 1.82) is 0 Å². The number of hydrogen-bond acceptors (Lipinski definition) is 5. The highest BCUT2D eigenvalue weighted by Crippen LogP contribution is 2.25. The van der Waals surface area contributed by atoms with Crippen LogP contribution >= 0.6 is 0 Å². The first kappa shape index (κ1) is 17.8. The summed E-state index contributed by atoms with van der Waals surface area (Å²) >= 11 is 0. The molecule has 0 aliphatic carbocycles. The molecule has 1 aromatic carbocycles. The summed E-state index contributed by atoms with van der Waals surface area (Å²) in [6.45, 7) is 5.86. The van der Waals surface area contributed by atoms with Gasteiger partial charge in [0, 0.05) is 18.2 Å². The number of sulfone groups is 1. The summed E-state index contributed by atoms with van der Waals surface area (Å²) in [5.41, 5.74) is 0.964. The van der Waals surface area contributed by atoms with Gasteiger partial charge in [-0.2, -0.15) is 0 Å². The van der Waals surface area contributed by atoms with E-state index in [2.05, 4.69) is 5.32 Å². The van der Waals surface area contributed by atoms with Crippen molar-refractivity contribution >= 4 is 9.84 Å². The molecule has 0 bridgehead atoms. The second kappa shape index (κ2) is 7.13. The molecule has 0 aliphatic rings. The summed E-state index contributed by atoms with van der Waals surface area (Å²) in [5.74, 6) is 1.32. The fourth-order valence-electron chi connectivity index (χ4n) is 1.70. The topological polar surface area (TPSA) is 64.6 Å². The Labute approximate surface area is 127 Å². The van der Waals surface area contributed by atoms with Gasteiger partial charge in [-0.1, -0.05) is 6.07 Å². The zero-order valence-electron chi connectivity index (χ0n) is 13.4. The molecule has 21 heavy (non-hydrogen) atoms. The number of benzene rings is 1. The summed E-state index contributed by atoms with van der Waals surface area (Å²) in [7, 11) is 0.249. The van der Waals surface area contributed by atoms with Gasteiger partial charge in [0.05, 0.1) is 17.6 Å². The largest absolute Gasteiger partial charge is 0.497 e. The van der Waals surface area contributed by atoms with Gasteiger partial charge in [-0.05, 0) is 33.9 Å². The van der Waals surface area contributed by atoms with Crippen molar-refractivity contribution in [2.24, 2.45) is 0 Å². The highest BCUT2D eigenvalue weighted by atomic mass is 32.2. The Bertz CT molecular complexity index is 562. The quantitative estimate of drug-likeness (QED) is 0.834. The molecule has 0 radical (unpaired) electrons. The normalized spacial score (nSPS) is 12.2. The third kappa shape index (κ3) is 4.89. The lowest BCUT2D eigenvalue weighted by Gasteiger charge is -2.19. The first-order chi connectivity index (χ1) is 9.71. The molecule has 0 spiro atoms. The average Bonchev–Trinajstić information content (AvgIpc) is 2.39. The van der Waals surface area contributed by atoms with Crippen LogP contribution in [0.5, 0.6) is 11.5 Å². The predicted octanol–water partition coefficient (Wildman–Crippen LogP) is 2.01. The van der Waals surface area contributed by atoms with Gasteiger partial charge in [0.2, 0.25) is 0 Å². The monoisotopic (exact) mass is 315 g/mol. The fraction of sp³-hybridized carbons (Fsp3) is 0.600. The van der Waals surface area contributed by atoms with Crippen LogP contribution in [-0.2, 0) is 16.4 Å². The van der Waals surface area contributed by atoms with Gasteiger partial charge in [-0.25, -0.2) is 8.42 Å². The molecule has 1 rings (SSSR count). The van der Waals surface area contributed by atoms with Gasteiger partial charge in [0.25, 0.3) is 0 Å². The first-order valence-electron chi connectivity index (χ1n) is 6.88. The Kier molecular flexibility index (Phi) is 6.04. The molecule has 0 unspecified atom stereocenters. The van der Waals surface area contributed by atoms with E-state index < -0.39 is 14.6 Å². The van der Waals surface area contributed by atoms with Crippen molar-refractivity contribution in [3.05, 3.63) is 23.8 Å². The van der Waals surface area contributed by atoms with Crippen molar-refractivity contribution in [3.8, 4) is 11.5 Å². The van der Waals surface area contributed by atoms with E-state index in [0.29, 0.717) is 18.0 Å². The van der Waals surface area contributed by atoms with E-state index in [0.717, 1.165) is 5.56 Å². The summed E-state index contributed by atoms with van der Waals surface area (Å²) in [5, 5.41) is 3.05. The summed E-state index contributed by atoms with van der Waals surface area (Å²) in [4.78, 5) is 0. The number of hydrogen-bond donors (Lipinski definition) is 1. The third-order valence-electron chi connectivity index (χ3n) is 3.18. The molecule has 0 aliphatic heterocycles. The van der Waals surface area contributed by atoms with Gasteiger partial charge in [-0.15, -0.1) is 0 Å². The molecule has 0 atom stereocenters. The Balaban J connectivity index is 2.79. The van der Waals surface area contributed by atoms with E-state index in [-0.39, 0.29) is 12.4 Å². The van der Waals surface area contributed by atoms with Crippen molar-refractivity contribution in [1.82, 2.24) is 5.32 Å². The van der Waals surface area contributed by atoms with Crippen LogP contribution in [0.4, 0.5) is 0 Å². The number of ether oxygens (including phenoxy) is 2. The van der Waals surface area contributed by atoms with E-state index in [1.54, 1.807) is 33.9 Å². The minimum absolute atomic E-state index is 0.00724. The average molecular weight is 315 g/mol. The summed E-state index contributed by atoms with van der Waals surface area (Å²) < 4.78 is 34.2. The van der Waals surface area contributed by atoms with Crippen LogP contribution in [0.25, 0.3) is 0 Å². The predicted molar refractivity (Wildman–Crippen MR) is 84.8 cm³/mol. The zero-order chi connectivity index (χ0) is 16.1. The number of rotatable bonds is 7.